The van der Waals surface area contributed by atoms with Crippen molar-refractivity contribution in [2.24, 2.45) is 0 Å². The number of anilines is 1. The number of nitrogens with zero attached hydrogens (tertiary/aromatic N) is 3. The summed E-state index contributed by atoms with van der Waals surface area (Å²) in [5, 5.41) is 19.3. The Morgan fingerprint density at radius 2 is 1.83 bits per heavy atom. The van der Waals surface area contributed by atoms with Gasteiger partial charge in [-0.15, -0.1) is 10.2 Å². The number of nitrogens with one attached hydrogen (secondary N) is 1. The highest BCUT2D eigenvalue weighted by Gasteiger charge is 2.13. The first-order chi connectivity index (χ1) is 11.5. The Kier molecular flexibility index (Phi) is 4.26. The zero-order chi connectivity index (χ0) is 17.1. The van der Waals surface area contributed by atoms with E-state index in [1.807, 2.05) is 0 Å². The second-order valence-corrected chi connectivity index (χ2v) is 5.28. The van der Waals surface area contributed by atoms with Gasteiger partial charge in [-0.1, -0.05) is 17.7 Å². The number of amides is 1. The van der Waals surface area contributed by atoms with Crippen LogP contribution in [0.1, 0.15) is 20.7 Å². The number of carboxylic acid groups (broad SMARTS) is 1. The van der Waals surface area contributed by atoms with Crippen molar-refractivity contribution in [1.82, 2.24) is 14.8 Å². The van der Waals surface area contributed by atoms with Crippen LogP contribution in [0.5, 0.6) is 0 Å². The first kappa shape index (κ1) is 15.7. The van der Waals surface area contributed by atoms with Gasteiger partial charge >= 0.3 is 5.97 Å². The van der Waals surface area contributed by atoms with E-state index < -0.39 is 11.9 Å². The number of halogens is 1. The molecule has 7 nitrogen and oxygen atoms in total. The zero-order valence-electron chi connectivity index (χ0n) is 12.2. The number of hydrogen-bond donors (Lipinski definition) is 2. The minimum absolute atomic E-state index is 0.0807. The lowest BCUT2D eigenvalue weighted by Crippen LogP contribution is -2.13. The van der Waals surface area contributed by atoms with E-state index in [1.54, 1.807) is 34.9 Å². The van der Waals surface area contributed by atoms with Crippen molar-refractivity contribution in [1.29, 1.82) is 0 Å². The molecule has 0 radical (unpaired) electrons. The lowest BCUT2D eigenvalue weighted by Gasteiger charge is -2.09. The largest absolute Gasteiger partial charge is 0.478 e. The Balaban J connectivity index is 1.89. The predicted molar refractivity (Wildman–Crippen MR) is 87.7 cm³/mol. The van der Waals surface area contributed by atoms with Crippen LogP contribution in [0.4, 0.5) is 5.69 Å². The molecule has 0 saturated heterocycles. The fraction of sp³-hybridized carbons (Fsp3) is 0. The molecule has 0 saturated carbocycles. The molecule has 3 aromatic rings. The average molecular weight is 343 g/mol. The summed E-state index contributed by atoms with van der Waals surface area (Å²) in [7, 11) is 0. The van der Waals surface area contributed by atoms with E-state index >= 15 is 0 Å². The SMILES string of the molecule is O=C(O)c1cccc(NC(=O)c2cc(-n3cnnc3)ccc2Cl)c1. The first-order valence-corrected chi connectivity index (χ1v) is 7.21. The average Bonchev–Trinajstić information content (AvgIpc) is 3.10. The minimum atomic E-state index is -1.07. The molecular weight excluding hydrogens is 332 g/mol. The maximum atomic E-state index is 12.5. The van der Waals surface area contributed by atoms with Gasteiger partial charge in [0.05, 0.1) is 16.1 Å². The summed E-state index contributed by atoms with van der Waals surface area (Å²) < 4.78 is 1.64. The van der Waals surface area contributed by atoms with E-state index in [2.05, 4.69) is 15.5 Å². The summed E-state index contributed by atoms with van der Waals surface area (Å²) in [4.78, 5) is 23.4. The summed E-state index contributed by atoms with van der Waals surface area (Å²) in [5.41, 5.74) is 1.38. The van der Waals surface area contributed by atoms with Gasteiger partial charge in [0.2, 0.25) is 0 Å². The maximum Gasteiger partial charge on any atom is 0.335 e. The number of rotatable bonds is 4. The van der Waals surface area contributed by atoms with Crippen LogP contribution in [0.25, 0.3) is 5.69 Å². The molecule has 0 spiro atoms. The Hall–Kier alpha value is -3.19. The van der Waals surface area contributed by atoms with Crippen LogP contribution in [0.3, 0.4) is 0 Å². The molecule has 1 heterocycles. The Labute approximate surface area is 141 Å². The molecule has 0 fully saturated rings. The second-order valence-electron chi connectivity index (χ2n) is 4.87. The smallest absolute Gasteiger partial charge is 0.335 e. The van der Waals surface area contributed by atoms with Gasteiger partial charge in [0.25, 0.3) is 5.91 Å². The summed E-state index contributed by atoms with van der Waals surface area (Å²) in [6, 6.07) is 10.9. The van der Waals surface area contributed by atoms with Crippen LogP contribution >= 0.6 is 11.6 Å². The van der Waals surface area contributed by atoms with Gasteiger partial charge in [-0.3, -0.25) is 9.36 Å². The second kappa shape index (κ2) is 6.51. The predicted octanol–water partition coefficient (Wildman–Crippen LogP) is 2.87. The van der Waals surface area contributed by atoms with Crippen molar-refractivity contribution in [2.75, 3.05) is 5.32 Å². The monoisotopic (exact) mass is 342 g/mol. The summed E-state index contributed by atoms with van der Waals surface area (Å²) >= 11 is 6.10. The van der Waals surface area contributed by atoms with E-state index in [0.29, 0.717) is 11.4 Å². The first-order valence-electron chi connectivity index (χ1n) is 6.84. The molecule has 1 amide bonds. The van der Waals surface area contributed by atoms with Gasteiger partial charge in [0, 0.05) is 11.4 Å². The summed E-state index contributed by atoms with van der Waals surface area (Å²) in [6.45, 7) is 0. The normalized spacial score (nSPS) is 10.4. The number of aromatic nitrogens is 3. The summed E-state index contributed by atoms with van der Waals surface area (Å²) in [6.07, 6.45) is 3.00. The molecule has 8 heteroatoms. The van der Waals surface area contributed by atoms with Crippen LogP contribution in [-0.4, -0.2) is 31.7 Å². The zero-order valence-corrected chi connectivity index (χ0v) is 12.9. The van der Waals surface area contributed by atoms with E-state index in [0.717, 1.165) is 0 Å². The molecule has 0 aliphatic heterocycles. The van der Waals surface area contributed by atoms with E-state index in [-0.39, 0.29) is 16.1 Å². The lowest BCUT2D eigenvalue weighted by molar-refractivity contribution is 0.0696. The molecule has 1 aromatic heterocycles. The molecule has 0 aliphatic rings. The van der Waals surface area contributed by atoms with Crippen LogP contribution in [0.15, 0.2) is 55.1 Å². The standard InChI is InChI=1S/C16H11ClN4O3/c17-14-5-4-12(21-8-18-19-9-21)7-13(14)15(22)20-11-3-1-2-10(6-11)16(23)24/h1-9H,(H,20,22)(H,23,24). The molecule has 120 valence electrons. The van der Waals surface area contributed by atoms with Gasteiger partial charge in [-0.2, -0.15) is 0 Å². The Morgan fingerprint density at radius 1 is 1.08 bits per heavy atom. The van der Waals surface area contributed by atoms with Gasteiger partial charge in [-0.25, -0.2) is 4.79 Å². The quantitative estimate of drug-likeness (QED) is 0.759. The third kappa shape index (κ3) is 3.26. The van der Waals surface area contributed by atoms with Gasteiger partial charge in [0.1, 0.15) is 12.7 Å². The fourth-order valence-corrected chi connectivity index (χ4v) is 2.31. The van der Waals surface area contributed by atoms with E-state index in [4.69, 9.17) is 16.7 Å². The van der Waals surface area contributed by atoms with Crippen molar-refractivity contribution in [3.05, 3.63) is 71.3 Å². The number of carbonyl (C=O) groups is 2. The number of carboxylic acids is 1. The number of carbonyl (C=O) groups excluding carboxylic acids is 1. The molecule has 0 unspecified atom stereocenters. The van der Waals surface area contributed by atoms with Gasteiger partial charge < -0.3 is 10.4 Å². The van der Waals surface area contributed by atoms with E-state index in [9.17, 15) is 9.59 Å². The molecule has 0 atom stereocenters. The van der Waals surface area contributed by atoms with Crippen molar-refractivity contribution in [3.8, 4) is 5.69 Å². The third-order valence-electron chi connectivity index (χ3n) is 3.28. The molecular formula is C16H11ClN4O3. The van der Waals surface area contributed by atoms with Crippen LogP contribution in [-0.2, 0) is 0 Å². The molecule has 0 aliphatic carbocycles. The van der Waals surface area contributed by atoms with Crippen molar-refractivity contribution in [2.45, 2.75) is 0 Å². The Bertz CT molecular complexity index is 909. The van der Waals surface area contributed by atoms with Crippen LogP contribution in [0, 0.1) is 0 Å². The number of benzene rings is 2. The maximum absolute atomic E-state index is 12.5. The van der Waals surface area contributed by atoms with Gasteiger partial charge in [0.15, 0.2) is 0 Å². The van der Waals surface area contributed by atoms with E-state index in [1.165, 1.54) is 24.8 Å². The summed E-state index contributed by atoms with van der Waals surface area (Å²) in [5.74, 6) is -1.52. The molecule has 2 N–H and O–H groups in total. The third-order valence-corrected chi connectivity index (χ3v) is 3.61. The molecule has 24 heavy (non-hydrogen) atoms. The molecule has 2 aromatic carbocycles. The molecule has 3 rings (SSSR count). The molecule has 0 bridgehead atoms. The van der Waals surface area contributed by atoms with Crippen LogP contribution in [0.2, 0.25) is 5.02 Å². The topological polar surface area (TPSA) is 97.1 Å². The van der Waals surface area contributed by atoms with Crippen LogP contribution < -0.4 is 5.32 Å². The Morgan fingerprint density at radius 3 is 2.54 bits per heavy atom. The number of hydrogen-bond acceptors (Lipinski definition) is 4. The lowest BCUT2D eigenvalue weighted by atomic mass is 10.1. The highest BCUT2D eigenvalue weighted by atomic mass is 35.5. The minimum Gasteiger partial charge on any atom is -0.478 e. The van der Waals surface area contributed by atoms with Gasteiger partial charge in [-0.05, 0) is 36.4 Å². The fourth-order valence-electron chi connectivity index (χ4n) is 2.11. The van der Waals surface area contributed by atoms with Crippen molar-refractivity contribution < 1.29 is 14.7 Å². The van der Waals surface area contributed by atoms with Crippen molar-refractivity contribution >= 4 is 29.2 Å². The highest BCUT2D eigenvalue weighted by Crippen LogP contribution is 2.21. The van der Waals surface area contributed by atoms with Crippen molar-refractivity contribution in [3.63, 3.8) is 0 Å². The number of aromatic carboxylic acids is 1. The highest BCUT2D eigenvalue weighted by molar-refractivity contribution is 6.34.